The molecule has 1 aromatic carbocycles. The minimum Gasteiger partial charge on any atom is -0.481 e. The number of aromatic nitrogens is 2. The summed E-state index contributed by atoms with van der Waals surface area (Å²) >= 11 is 1.47. The van der Waals surface area contributed by atoms with Crippen molar-refractivity contribution in [2.24, 2.45) is 0 Å². The number of nitrogens with zero attached hydrogens (tertiary/aromatic N) is 3. The zero-order valence-corrected chi connectivity index (χ0v) is 20.2. The summed E-state index contributed by atoms with van der Waals surface area (Å²) in [5, 5.41) is 17.9. The van der Waals surface area contributed by atoms with E-state index in [2.05, 4.69) is 20.6 Å². The zero-order chi connectivity index (χ0) is 24.4. The number of carbonyl (C=O) groups excluding carboxylic acids is 1. The number of piperidine rings is 1. The summed E-state index contributed by atoms with van der Waals surface area (Å²) in [5.74, 6) is 1.40. The van der Waals surface area contributed by atoms with Crippen LogP contribution in [0.1, 0.15) is 23.8 Å². The first-order valence-corrected chi connectivity index (χ1v) is 12.6. The molecule has 1 saturated heterocycles. The predicted octanol–water partition coefficient (Wildman–Crippen LogP) is 2.92. The van der Waals surface area contributed by atoms with Crippen molar-refractivity contribution in [1.82, 2.24) is 20.2 Å². The van der Waals surface area contributed by atoms with Gasteiger partial charge in [-0.25, -0.2) is 14.4 Å². The van der Waals surface area contributed by atoms with Crippen LogP contribution < -0.4 is 15.4 Å². The highest BCUT2D eigenvalue weighted by molar-refractivity contribution is 8.00. The molecule has 4 heterocycles. The van der Waals surface area contributed by atoms with Crippen molar-refractivity contribution in [2.45, 2.75) is 36.2 Å². The number of pyridine rings is 2. The molecule has 0 radical (unpaired) electrons. The Morgan fingerprint density at radius 1 is 1.29 bits per heavy atom. The quantitative estimate of drug-likeness (QED) is 0.458. The summed E-state index contributed by atoms with van der Waals surface area (Å²) in [6.45, 7) is 1.65. The van der Waals surface area contributed by atoms with Crippen LogP contribution in [0.2, 0.25) is 0 Å². The number of anilines is 1. The van der Waals surface area contributed by atoms with E-state index in [9.17, 15) is 9.90 Å². The summed E-state index contributed by atoms with van der Waals surface area (Å²) in [7, 11) is 1.56. The first kappa shape index (κ1) is 23.9. The van der Waals surface area contributed by atoms with Gasteiger partial charge in [-0.05, 0) is 31.2 Å². The van der Waals surface area contributed by atoms with Crippen molar-refractivity contribution in [1.29, 1.82) is 0 Å². The van der Waals surface area contributed by atoms with Crippen molar-refractivity contribution in [2.75, 3.05) is 37.8 Å². The second-order valence-corrected chi connectivity index (χ2v) is 9.84. The molecule has 10 heteroatoms. The minimum atomic E-state index is -1.07. The molecular formula is C25H28FN5O3S. The molecule has 3 N–H and O–H groups in total. The van der Waals surface area contributed by atoms with Crippen molar-refractivity contribution in [3.8, 4) is 5.88 Å². The molecule has 3 aromatic rings. The van der Waals surface area contributed by atoms with E-state index in [-0.39, 0.29) is 18.5 Å². The zero-order valence-electron chi connectivity index (χ0n) is 19.4. The molecule has 5 rings (SSSR count). The van der Waals surface area contributed by atoms with E-state index in [0.717, 1.165) is 16.0 Å². The Labute approximate surface area is 207 Å². The molecule has 184 valence electrons. The largest absolute Gasteiger partial charge is 0.481 e. The lowest BCUT2D eigenvalue weighted by Crippen LogP contribution is -2.51. The normalized spacial score (nSPS) is 21.4. The number of likely N-dealkylation sites (tertiary alicyclic amines) is 1. The van der Waals surface area contributed by atoms with Gasteiger partial charge in [0.25, 0.3) is 0 Å². The van der Waals surface area contributed by atoms with Gasteiger partial charge in [-0.15, -0.1) is 11.8 Å². The molecule has 0 spiro atoms. The van der Waals surface area contributed by atoms with E-state index < -0.39 is 12.3 Å². The Balaban J connectivity index is 1.17. The summed E-state index contributed by atoms with van der Waals surface area (Å²) in [6.07, 6.45) is -1.25. The van der Waals surface area contributed by atoms with Gasteiger partial charge in [0.1, 0.15) is 12.0 Å². The predicted molar refractivity (Wildman–Crippen MR) is 133 cm³/mol. The minimum absolute atomic E-state index is 0.0584. The molecule has 1 fully saturated rings. The molecule has 2 aliphatic rings. The van der Waals surface area contributed by atoms with Gasteiger partial charge in [0, 0.05) is 42.7 Å². The van der Waals surface area contributed by atoms with Gasteiger partial charge in [-0.1, -0.05) is 18.2 Å². The maximum Gasteiger partial charge on any atom is 0.235 e. The Morgan fingerprint density at radius 3 is 3.00 bits per heavy atom. The Hall–Kier alpha value is -2.79. The van der Waals surface area contributed by atoms with Crippen molar-refractivity contribution in [3.63, 3.8) is 0 Å². The van der Waals surface area contributed by atoms with E-state index >= 15 is 4.39 Å². The number of aliphatic hydroxyl groups excluding tert-OH is 1. The summed E-state index contributed by atoms with van der Waals surface area (Å²) in [5.41, 5.74) is 2.16. The number of amides is 1. The van der Waals surface area contributed by atoms with Gasteiger partial charge >= 0.3 is 0 Å². The van der Waals surface area contributed by atoms with Gasteiger partial charge in [0.15, 0.2) is 0 Å². The average Bonchev–Trinajstić information content (AvgIpc) is 2.87. The average molecular weight is 498 g/mol. The highest BCUT2D eigenvalue weighted by Crippen LogP contribution is 2.30. The molecule has 0 unspecified atom stereocenters. The Morgan fingerprint density at radius 2 is 2.17 bits per heavy atom. The smallest absolute Gasteiger partial charge is 0.235 e. The number of rotatable bonds is 7. The van der Waals surface area contributed by atoms with E-state index in [4.69, 9.17) is 4.74 Å². The molecule has 8 nitrogen and oxygen atoms in total. The van der Waals surface area contributed by atoms with Crippen molar-refractivity contribution >= 4 is 34.4 Å². The van der Waals surface area contributed by atoms with Crippen LogP contribution in [-0.2, 0) is 11.3 Å². The second kappa shape index (κ2) is 10.4. The molecule has 0 aliphatic carbocycles. The monoisotopic (exact) mass is 497 g/mol. The molecule has 1 amide bonds. The molecule has 3 atom stereocenters. The van der Waals surface area contributed by atoms with Crippen LogP contribution in [0.4, 0.5) is 10.2 Å². The number of methoxy groups -OCH3 is 1. The number of carbonyl (C=O) groups is 1. The summed E-state index contributed by atoms with van der Waals surface area (Å²) in [6, 6.07) is 12.9. The molecule has 0 saturated carbocycles. The number of aliphatic hydroxyl groups is 1. The van der Waals surface area contributed by atoms with Gasteiger partial charge in [0.05, 0.1) is 35.1 Å². The van der Waals surface area contributed by atoms with E-state index in [1.54, 1.807) is 13.2 Å². The second-order valence-electron chi connectivity index (χ2n) is 8.83. The number of fused-ring (bicyclic) bond motifs is 2. The van der Waals surface area contributed by atoms with Crippen LogP contribution in [0, 0.1) is 0 Å². The fraction of sp³-hybridized carbons (Fsp3) is 0.400. The number of β-amino-alcohol motifs (C(OH)–C–C–N with tert-alkyl or cyclic N) is 1. The number of thioether (sulfide) groups is 1. The van der Waals surface area contributed by atoms with Crippen LogP contribution >= 0.6 is 11.8 Å². The van der Waals surface area contributed by atoms with Crippen LogP contribution in [-0.4, -0.2) is 70.6 Å². The first-order valence-electron chi connectivity index (χ1n) is 11.6. The van der Waals surface area contributed by atoms with Crippen LogP contribution in [0.15, 0.2) is 47.4 Å². The van der Waals surface area contributed by atoms with E-state index in [1.807, 2.05) is 41.3 Å². The topological polar surface area (TPSA) is 99.6 Å². The number of para-hydroxylation sites is 1. The number of nitrogens with one attached hydrogen (secondary N) is 2. The maximum atomic E-state index is 15.0. The molecule has 0 bridgehead atoms. The highest BCUT2D eigenvalue weighted by atomic mass is 32.2. The van der Waals surface area contributed by atoms with Crippen molar-refractivity contribution in [3.05, 3.63) is 53.7 Å². The fourth-order valence-corrected chi connectivity index (χ4v) is 5.34. The number of ether oxygens (including phenoxy) is 1. The van der Waals surface area contributed by atoms with Crippen LogP contribution in [0.5, 0.6) is 5.88 Å². The lowest BCUT2D eigenvalue weighted by atomic mass is 10.0. The maximum absolute atomic E-state index is 15.0. The molecule has 2 aliphatic heterocycles. The molecule has 2 aromatic heterocycles. The standard InChI is InChI=1S/C25H28FN5O3S/c1-34-23-8-5-15-3-2-4-17(24(15)30-23)20(32)13-31-10-9-19(18(26)12-31)27-11-16-6-7-21-25(28-16)29-22(33)14-35-21/h2-8,18-20,27,32H,9-14H2,1H3,(H,28,29,33)/t18-,19-,20-/m1/s1. The van der Waals surface area contributed by atoms with E-state index in [1.165, 1.54) is 11.8 Å². The van der Waals surface area contributed by atoms with E-state index in [0.29, 0.717) is 54.6 Å². The van der Waals surface area contributed by atoms with Gasteiger partial charge in [-0.3, -0.25) is 9.69 Å². The number of hydrogen-bond donors (Lipinski definition) is 3. The van der Waals surface area contributed by atoms with Crippen LogP contribution in [0.25, 0.3) is 10.9 Å². The third-order valence-corrected chi connectivity index (χ3v) is 7.48. The lowest BCUT2D eigenvalue weighted by Gasteiger charge is -2.36. The number of alkyl halides is 1. The number of halogens is 1. The van der Waals surface area contributed by atoms with Gasteiger partial charge in [-0.2, -0.15) is 0 Å². The first-order chi connectivity index (χ1) is 17.0. The fourth-order valence-electron chi connectivity index (χ4n) is 4.58. The van der Waals surface area contributed by atoms with Gasteiger partial charge in [0.2, 0.25) is 11.8 Å². The highest BCUT2D eigenvalue weighted by Gasteiger charge is 2.30. The Bertz CT molecular complexity index is 1230. The number of benzene rings is 1. The lowest BCUT2D eigenvalue weighted by molar-refractivity contribution is -0.113. The summed E-state index contributed by atoms with van der Waals surface area (Å²) < 4.78 is 20.3. The van der Waals surface area contributed by atoms with Gasteiger partial charge < -0.3 is 20.5 Å². The molecule has 35 heavy (non-hydrogen) atoms. The third kappa shape index (κ3) is 5.40. The SMILES string of the molecule is COc1ccc2cccc([C@H](O)CN3CC[C@@H](NCc4ccc5c(n4)NC(=O)CS5)[C@H](F)C3)c2n1. The summed E-state index contributed by atoms with van der Waals surface area (Å²) in [4.78, 5) is 23.5. The third-order valence-electron chi connectivity index (χ3n) is 6.43. The Kier molecular flexibility index (Phi) is 7.14. The van der Waals surface area contributed by atoms with Crippen molar-refractivity contribution < 1.29 is 19.0 Å². The van der Waals surface area contributed by atoms with Crippen LogP contribution in [0.3, 0.4) is 0 Å². The molecular weight excluding hydrogens is 469 g/mol. The number of hydrogen-bond acceptors (Lipinski definition) is 8.